The van der Waals surface area contributed by atoms with Crippen LogP contribution in [0.2, 0.25) is 0 Å². The molecule has 5 aliphatic rings. The largest absolute Gasteiger partial charge is 0.365 e. The third-order valence-corrected chi connectivity index (χ3v) is 18.2. The van der Waals surface area contributed by atoms with E-state index in [9.17, 15) is 0 Å². The van der Waals surface area contributed by atoms with Crippen LogP contribution in [0.15, 0.2) is 237 Å². The van der Waals surface area contributed by atoms with Crippen molar-refractivity contribution in [3.63, 3.8) is 0 Å². The lowest BCUT2D eigenvalue weighted by Gasteiger charge is -2.47. The van der Waals surface area contributed by atoms with Gasteiger partial charge in [-0.05, 0) is 135 Å². The standard InChI is InChI=1S/C73H62BN3/c1-73(2,3)56-45-68-70-69(46-56)77(72-61(52-27-15-7-16-28-52)33-20-34-62(72)53-29-17-8-18-30-53)67-47-57(75-58-42-48-35-39-65(75)55(41-48)43-58)37-38-63(67)74(70)64-44-54(49-21-9-4-10-22-49)36-40-66(64)76(68)71-59(50-23-11-5-12-24-50)31-19-32-60(71)51-25-13-6-14-26-51/h4-34,36-38,40,44-48,55,58,65H,35,39,41-43H2,1-3H3. The van der Waals surface area contributed by atoms with Crippen LogP contribution in [0.4, 0.5) is 39.8 Å². The fourth-order valence-electron chi connectivity index (χ4n) is 14.8. The molecule has 0 amide bonds. The van der Waals surface area contributed by atoms with Crippen LogP contribution in [0, 0.1) is 11.8 Å². The van der Waals surface area contributed by atoms with E-state index in [2.05, 4.69) is 272 Å². The molecule has 77 heavy (non-hydrogen) atoms. The van der Waals surface area contributed by atoms with Gasteiger partial charge in [0.1, 0.15) is 0 Å². The lowest BCUT2D eigenvalue weighted by atomic mass is 9.33. The molecule has 4 unspecified atom stereocenters. The summed E-state index contributed by atoms with van der Waals surface area (Å²) in [6, 6.07) is 90.8. The van der Waals surface area contributed by atoms with Crippen molar-refractivity contribution in [2.75, 3.05) is 14.7 Å². The van der Waals surface area contributed by atoms with Crippen molar-refractivity contribution >= 4 is 62.9 Å². The van der Waals surface area contributed by atoms with E-state index in [0.29, 0.717) is 12.1 Å². The van der Waals surface area contributed by atoms with Crippen LogP contribution in [0.5, 0.6) is 0 Å². The highest BCUT2D eigenvalue weighted by Gasteiger charge is 2.51. The summed E-state index contributed by atoms with van der Waals surface area (Å²) in [5, 5.41) is 0. The van der Waals surface area contributed by atoms with Crippen LogP contribution in [0.1, 0.15) is 58.4 Å². The van der Waals surface area contributed by atoms with Gasteiger partial charge in [-0.1, -0.05) is 227 Å². The third kappa shape index (κ3) is 7.54. The summed E-state index contributed by atoms with van der Waals surface area (Å²) in [4.78, 5) is 8.35. The Morgan fingerprint density at radius 3 is 1.39 bits per heavy atom. The highest BCUT2D eigenvalue weighted by atomic mass is 15.2. The monoisotopic (exact) mass is 992 g/mol. The van der Waals surface area contributed by atoms with Gasteiger partial charge in [0.25, 0.3) is 6.71 Å². The molecule has 3 bridgehead atoms. The van der Waals surface area contributed by atoms with Crippen molar-refractivity contribution in [2.24, 2.45) is 11.8 Å². The Balaban J connectivity index is 1.09. The second-order valence-corrected chi connectivity index (χ2v) is 23.6. The number of hydrogen-bond acceptors (Lipinski definition) is 3. The summed E-state index contributed by atoms with van der Waals surface area (Å²) < 4.78 is 0. The Labute approximate surface area is 455 Å². The van der Waals surface area contributed by atoms with Gasteiger partial charge in [-0.3, -0.25) is 0 Å². The summed E-state index contributed by atoms with van der Waals surface area (Å²) in [6.07, 6.45) is 6.69. The van der Waals surface area contributed by atoms with Gasteiger partial charge in [0.05, 0.1) is 11.4 Å². The summed E-state index contributed by atoms with van der Waals surface area (Å²) in [5.74, 6) is 1.64. The summed E-state index contributed by atoms with van der Waals surface area (Å²) in [5.41, 5.74) is 25.8. The molecular formula is C73H62BN3. The molecule has 4 heteroatoms. The Bertz CT molecular complexity index is 3750. The number of rotatable bonds is 8. The van der Waals surface area contributed by atoms with Gasteiger partial charge in [0.15, 0.2) is 0 Å². The molecule has 2 aliphatic carbocycles. The minimum Gasteiger partial charge on any atom is -0.365 e. The molecule has 372 valence electrons. The minimum absolute atomic E-state index is 0.0778. The first-order valence-electron chi connectivity index (χ1n) is 28.2. The van der Waals surface area contributed by atoms with Crippen molar-refractivity contribution in [1.29, 1.82) is 0 Å². The van der Waals surface area contributed by atoms with Crippen LogP contribution in [-0.4, -0.2) is 18.8 Å². The molecule has 10 aromatic carbocycles. The van der Waals surface area contributed by atoms with E-state index in [1.165, 1.54) is 150 Å². The van der Waals surface area contributed by atoms with Gasteiger partial charge < -0.3 is 14.7 Å². The molecular weight excluding hydrogens is 930 g/mol. The molecule has 0 spiro atoms. The van der Waals surface area contributed by atoms with Gasteiger partial charge in [-0.15, -0.1) is 0 Å². The number of fused-ring (bicyclic) bond motifs is 6. The van der Waals surface area contributed by atoms with Crippen LogP contribution < -0.4 is 31.1 Å². The highest BCUT2D eigenvalue weighted by molar-refractivity contribution is 7.00. The molecule has 0 aromatic heterocycles. The first kappa shape index (κ1) is 46.0. The average Bonchev–Trinajstić information content (AvgIpc) is 3.79. The van der Waals surface area contributed by atoms with E-state index in [1.807, 2.05) is 0 Å². The van der Waals surface area contributed by atoms with Crippen molar-refractivity contribution < 1.29 is 0 Å². The minimum atomic E-state index is -0.202. The lowest BCUT2D eigenvalue weighted by molar-refractivity contribution is 0.222. The lowest BCUT2D eigenvalue weighted by Crippen LogP contribution is -2.61. The Morgan fingerprint density at radius 2 is 0.883 bits per heavy atom. The third-order valence-electron chi connectivity index (χ3n) is 18.2. The van der Waals surface area contributed by atoms with E-state index in [-0.39, 0.29) is 12.1 Å². The van der Waals surface area contributed by atoms with Gasteiger partial charge in [-0.2, -0.15) is 0 Å². The molecule has 3 heterocycles. The maximum absolute atomic E-state index is 2.92. The zero-order valence-electron chi connectivity index (χ0n) is 44.3. The maximum atomic E-state index is 2.92. The highest BCUT2D eigenvalue weighted by Crippen LogP contribution is 2.56. The molecule has 15 rings (SSSR count). The van der Waals surface area contributed by atoms with Gasteiger partial charge >= 0.3 is 0 Å². The quantitative estimate of drug-likeness (QED) is 0.141. The molecule has 4 atom stereocenters. The molecule has 0 N–H and O–H groups in total. The number of anilines is 7. The fourth-order valence-corrected chi connectivity index (χ4v) is 14.8. The molecule has 0 radical (unpaired) electrons. The molecule has 2 saturated carbocycles. The molecule has 3 nitrogen and oxygen atoms in total. The van der Waals surface area contributed by atoms with E-state index in [1.54, 1.807) is 0 Å². The van der Waals surface area contributed by atoms with E-state index in [4.69, 9.17) is 0 Å². The fraction of sp³-hybridized carbons (Fsp3) is 0.178. The van der Waals surface area contributed by atoms with Gasteiger partial charge in [0.2, 0.25) is 0 Å². The Kier molecular flexibility index (Phi) is 10.9. The predicted molar refractivity (Wildman–Crippen MR) is 326 cm³/mol. The zero-order valence-corrected chi connectivity index (χ0v) is 44.3. The van der Waals surface area contributed by atoms with Crippen LogP contribution in [0.3, 0.4) is 0 Å². The summed E-state index contributed by atoms with van der Waals surface area (Å²) in [7, 11) is 0. The van der Waals surface area contributed by atoms with Crippen molar-refractivity contribution in [2.45, 2.75) is 70.4 Å². The summed E-state index contributed by atoms with van der Waals surface area (Å²) in [6.45, 7) is 7.11. The summed E-state index contributed by atoms with van der Waals surface area (Å²) >= 11 is 0. The average molecular weight is 992 g/mol. The first-order chi connectivity index (χ1) is 37.8. The van der Waals surface area contributed by atoms with Crippen LogP contribution in [-0.2, 0) is 5.41 Å². The van der Waals surface area contributed by atoms with Crippen LogP contribution >= 0.6 is 0 Å². The predicted octanol–water partition coefficient (Wildman–Crippen LogP) is 17.2. The van der Waals surface area contributed by atoms with E-state index in [0.717, 1.165) is 11.8 Å². The number of hydrogen-bond donors (Lipinski definition) is 0. The second-order valence-electron chi connectivity index (χ2n) is 23.6. The van der Waals surface area contributed by atoms with Crippen molar-refractivity contribution in [3.05, 3.63) is 242 Å². The number of para-hydroxylation sites is 2. The molecule has 3 aliphatic heterocycles. The SMILES string of the molecule is CC(C)(C)c1cc2c3c(c1)N(c1c(-c4ccccc4)cccc1-c1ccccc1)c1cc(N4C5CC6CCC4C(C6)C5)ccc1B3c1cc(-c3ccccc3)ccc1N2c1c(-c2ccccc2)cccc1-c1ccccc1. The normalized spacial score (nSPS) is 18.7. The number of benzene rings is 10. The van der Waals surface area contributed by atoms with E-state index < -0.39 is 0 Å². The molecule has 3 fully saturated rings. The Morgan fingerprint density at radius 1 is 0.390 bits per heavy atom. The molecule has 10 aromatic rings. The van der Waals surface area contributed by atoms with Gasteiger partial charge in [0, 0.05) is 62.8 Å². The first-order valence-corrected chi connectivity index (χ1v) is 28.2. The van der Waals surface area contributed by atoms with Crippen molar-refractivity contribution in [1.82, 2.24) is 0 Å². The number of nitrogens with zero attached hydrogens (tertiary/aromatic N) is 3. The molecule has 1 saturated heterocycles. The van der Waals surface area contributed by atoms with Crippen LogP contribution in [0.25, 0.3) is 55.6 Å². The van der Waals surface area contributed by atoms with E-state index >= 15 is 0 Å². The maximum Gasteiger partial charge on any atom is 0.252 e. The Hall–Kier alpha value is -8.34. The zero-order chi connectivity index (χ0) is 51.4. The van der Waals surface area contributed by atoms with Crippen molar-refractivity contribution in [3.8, 4) is 55.6 Å². The second kappa shape index (κ2) is 18.2. The smallest absolute Gasteiger partial charge is 0.252 e. The van der Waals surface area contributed by atoms with Gasteiger partial charge in [-0.25, -0.2) is 0 Å². The topological polar surface area (TPSA) is 9.72 Å².